The second kappa shape index (κ2) is 6.14. The third-order valence-corrected chi connectivity index (χ3v) is 3.76. The van der Waals surface area contributed by atoms with E-state index in [0.717, 1.165) is 31.1 Å². The summed E-state index contributed by atoms with van der Waals surface area (Å²) in [7, 11) is 0. The van der Waals surface area contributed by atoms with Crippen LogP contribution >= 0.6 is 0 Å². The Kier molecular flexibility index (Phi) is 4.70. The lowest BCUT2D eigenvalue weighted by Crippen LogP contribution is -2.33. The maximum atomic E-state index is 12.7. The van der Waals surface area contributed by atoms with Gasteiger partial charge >= 0.3 is 6.18 Å². The molecule has 112 valence electrons. The van der Waals surface area contributed by atoms with Crippen molar-refractivity contribution in [2.75, 3.05) is 19.6 Å². The van der Waals surface area contributed by atoms with E-state index in [9.17, 15) is 13.2 Å². The molecule has 1 aliphatic rings. The normalized spacial score (nSPS) is 17.5. The van der Waals surface area contributed by atoms with Crippen molar-refractivity contribution in [2.45, 2.75) is 32.0 Å². The van der Waals surface area contributed by atoms with Gasteiger partial charge < -0.3 is 10.6 Å². The number of benzene rings is 1. The maximum Gasteiger partial charge on any atom is 0.416 e. The lowest BCUT2D eigenvalue weighted by molar-refractivity contribution is -0.137. The summed E-state index contributed by atoms with van der Waals surface area (Å²) in [6, 6.07) is 4.96. The Morgan fingerprint density at radius 2 is 2.05 bits per heavy atom. The highest BCUT2D eigenvalue weighted by atomic mass is 19.4. The van der Waals surface area contributed by atoms with Crippen LogP contribution in [0.2, 0.25) is 0 Å². The van der Waals surface area contributed by atoms with Gasteiger partial charge in [0.05, 0.1) is 5.56 Å². The van der Waals surface area contributed by atoms with Gasteiger partial charge in [0.15, 0.2) is 0 Å². The summed E-state index contributed by atoms with van der Waals surface area (Å²) < 4.78 is 38.1. The zero-order valence-electron chi connectivity index (χ0n) is 11.7. The number of hydrogen-bond acceptors (Lipinski definition) is 2. The number of hydrogen-bond donors (Lipinski definition) is 1. The van der Waals surface area contributed by atoms with E-state index >= 15 is 0 Å². The number of nitrogens with zero attached hydrogens (tertiary/aromatic N) is 1. The first-order valence-corrected chi connectivity index (χ1v) is 7.05. The lowest BCUT2D eigenvalue weighted by Gasteiger charge is -2.24. The molecule has 0 aliphatic heterocycles. The molecule has 5 heteroatoms. The Morgan fingerprint density at radius 3 is 2.60 bits per heavy atom. The molecule has 0 heterocycles. The van der Waals surface area contributed by atoms with Gasteiger partial charge in [-0.25, -0.2) is 0 Å². The summed E-state index contributed by atoms with van der Waals surface area (Å²) in [6.07, 6.45) is -1.79. The van der Waals surface area contributed by atoms with E-state index < -0.39 is 11.7 Å². The Bertz CT molecular complexity index is 441. The Balaban J connectivity index is 2.02. The van der Waals surface area contributed by atoms with Crippen LogP contribution in [0.1, 0.15) is 36.9 Å². The molecule has 1 aromatic rings. The average molecular weight is 286 g/mol. The molecule has 1 saturated carbocycles. The van der Waals surface area contributed by atoms with Crippen molar-refractivity contribution in [2.24, 2.45) is 11.7 Å². The fourth-order valence-corrected chi connectivity index (χ4v) is 2.33. The van der Waals surface area contributed by atoms with Crippen molar-refractivity contribution in [3.63, 3.8) is 0 Å². The molecular weight excluding hydrogens is 265 g/mol. The van der Waals surface area contributed by atoms with Crippen LogP contribution in [0.25, 0.3) is 0 Å². The van der Waals surface area contributed by atoms with Crippen LogP contribution in [0.5, 0.6) is 0 Å². The second-order valence-corrected chi connectivity index (χ2v) is 5.53. The van der Waals surface area contributed by atoms with Crippen molar-refractivity contribution < 1.29 is 13.2 Å². The smallest absolute Gasteiger partial charge is 0.323 e. The van der Waals surface area contributed by atoms with Crippen LogP contribution in [0, 0.1) is 5.92 Å². The second-order valence-electron chi connectivity index (χ2n) is 5.53. The van der Waals surface area contributed by atoms with E-state index in [1.54, 1.807) is 6.07 Å². The first-order chi connectivity index (χ1) is 9.40. The molecule has 1 atom stereocenters. The quantitative estimate of drug-likeness (QED) is 0.868. The molecule has 0 saturated heterocycles. The van der Waals surface area contributed by atoms with Crippen molar-refractivity contribution in [3.05, 3.63) is 35.4 Å². The minimum atomic E-state index is -4.31. The van der Waals surface area contributed by atoms with Crippen molar-refractivity contribution >= 4 is 0 Å². The highest BCUT2D eigenvalue weighted by Crippen LogP contribution is 2.32. The van der Waals surface area contributed by atoms with Crippen LogP contribution in [-0.2, 0) is 6.18 Å². The molecule has 2 nitrogen and oxygen atoms in total. The largest absolute Gasteiger partial charge is 0.416 e. The molecule has 1 unspecified atom stereocenters. The first-order valence-electron chi connectivity index (χ1n) is 7.05. The van der Waals surface area contributed by atoms with Crippen LogP contribution in [-0.4, -0.2) is 24.5 Å². The van der Waals surface area contributed by atoms with E-state index in [2.05, 4.69) is 11.8 Å². The Morgan fingerprint density at radius 1 is 1.35 bits per heavy atom. The van der Waals surface area contributed by atoms with E-state index in [1.807, 2.05) is 0 Å². The van der Waals surface area contributed by atoms with E-state index in [1.165, 1.54) is 18.9 Å². The predicted octanol–water partition coefficient (Wildman–Crippen LogP) is 3.44. The molecule has 1 aromatic carbocycles. The molecule has 0 aromatic heterocycles. The Hall–Kier alpha value is -1.07. The summed E-state index contributed by atoms with van der Waals surface area (Å²) in [5.41, 5.74) is 5.99. The van der Waals surface area contributed by atoms with Gasteiger partial charge in [0.25, 0.3) is 0 Å². The molecule has 0 radical (unpaired) electrons. The Labute approximate surface area is 117 Å². The third-order valence-electron chi connectivity index (χ3n) is 3.76. The molecule has 1 fully saturated rings. The molecule has 2 rings (SSSR count). The van der Waals surface area contributed by atoms with Gasteiger partial charge in [-0.1, -0.05) is 19.1 Å². The predicted molar refractivity (Wildman–Crippen MR) is 73.2 cm³/mol. The highest BCUT2D eigenvalue weighted by molar-refractivity contribution is 5.28. The number of rotatable bonds is 6. The number of alkyl halides is 3. The van der Waals surface area contributed by atoms with Crippen LogP contribution in [0.3, 0.4) is 0 Å². The van der Waals surface area contributed by atoms with Gasteiger partial charge in [-0.15, -0.1) is 0 Å². The van der Waals surface area contributed by atoms with Gasteiger partial charge in [0.2, 0.25) is 0 Å². The number of nitrogens with two attached hydrogens (primary N) is 1. The summed E-state index contributed by atoms with van der Waals surface area (Å²) >= 11 is 0. The number of halogens is 3. The fourth-order valence-electron chi connectivity index (χ4n) is 2.33. The van der Waals surface area contributed by atoms with Gasteiger partial charge in [-0.3, -0.25) is 0 Å². The van der Waals surface area contributed by atoms with Crippen LogP contribution in [0.15, 0.2) is 24.3 Å². The van der Waals surface area contributed by atoms with E-state index in [4.69, 9.17) is 5.73 Å². The zero-order valence-corrected chi connectivity index (χ0v) is 11.7. The van der Waals surface area contributed by atoms with Gasteiger partial charge in [-0.2, -0.15) is 13.2 Å². The minimum Gasteiger partial charge on any atom is -0.323 e. The highest BCUT2D eigenvalue weighted by Gasteiger charge is 2.31. The van der Waals surface area contributed by atoms with Crippen molar-refractivity contribution in [3.8, 4) is 0 Å². The van der Waals surface area contributed by atoms with Gasteiger partial charge in [0, 0.05) is 19.1 Å². The van der Waals surface area contributed by atoms with E-state index in [0.29, 0.717) is 12.1 Å². The summed E-state index contributed by atoms with van der Waals surface area (Å²) in [4.78, 5) is 2.22. The summed E-state index contributed by atoms with van der Waals surface area (Å²) in [5.74, 6) is 0.753. The molecule has 0 amide bonds. The topological polar surface area (TPSA) is 29.3 Å². The van der Waals surface area contributed by atoms with E-state index in [-0.39, 0.29) is 6.04 Å². The standard InChI is InChI=1S/C15H21F3N2/c1-2-20(9-11-6-7-11)10-14(19)12-4-3-5-13(8-12)15(16,17)18/h3-5,8,11,14H,2,6-7,9-10,19H2,1H3. The molecule has 1 aliphatic carbocycles. The summed E-state index contributed by atoms with van der Waals surface area (Å²) in [6.45, 7) is 4.54. The van der Waals surface area contributed by atoms with Gasteiger partial charge in [0.1, 0.15) is 0 Å². The minimum absolute atomic E-state index is 0.379. The fraction of sp³-hybridized carbons (Fsp3) is 0.600. The first kappa shape index (κ1) is 15.3. The average Bonchev–Trinajstić information content (AvgIpc) is 3.21. The number of likely N-dealkylation sites (N-methyl/N-ethyl adjacent to an activating group) is 1. The zero-order chi connectivity index (χ0) is 14.8. The maximum absolute atomic E-state index is 12.7. The molecular formula is C15H21F3N2. The third kappa shape index (κ3) is 4.21. The summed E-state index contributed by atoms with van der Waals surface area (Å²) in [5, 5.41) is 0. The SMILES string of the molecule is CCN(CC1CC1)CC(N)c1cccc(C(F)(F)F)c1. The molecule has 0 bridgehead atoms. The van der Waals surface area contributed by atoms with Crippen molar-refractivity contribution in [1.29, 1.82) is 0 Å². The molecule has 0 spiro atoms. The van der Waals surface area contributed by atoms with Gasteiger partial charge in [-0.05, 0) is 43.0 Å². The van der Waals surface area contributed by atoms with Crippen LogP contribution in [0.4, 0.5) is 13.2 Å². The molecule has 2 N–H and O–H groups in total. The monoisotopic (exact) mass is 286 g/mol. The van der Waals surface area contributed by atoms with Crippen LogP contribution < -0.4 is 5.73 Å². The lowest BCUT2D eigenvalue weighted by atomic mass is 10.0. The van der Waals surface area contributed by atoms with Crippen molar-refractivity contribution in [1.82, 2.24) is 4.90 Å². The molecule has 20 heavy (non-hydrogen) atoms.